The monoisotopic (exact) mass is 581 g/mol. The largest absolute Gasteiger partial charge is 0.504 e. The van der Waals surface area contributed by atoms with Gasteiger partial charge in [-0.25, -0.2) is 0 Å². The number of hydrogen-bond acceptors (Lipinski definition) is 11. The molecule has 7 unspecified atom stereocenters. The van der Waals surface area contributed by atoms with Crippen LogP contribution in [0.5, 0.6) is 28.7 Å². The summed E-state index contributed by atoms with van der Waals surface area (Å²) in [5, 5.41) is 71.5. The average Bonchev–Trinajstić information content (AvgIpc) is 2.99. The van der Waals surface area contributed by atoms with Gasteiger partial charge in [-0.3, -0.25) is 4.90 Å². The Morgan fingerprint density at radius 1 is 0.905 bits per heavy atom. The molecule has 11 nitrogen and oxygen atoms in total. The number of aromatic hydroxyl groups is 3. The Morgan fingerprint density at radius 3 is 2.38 bits per heavy atom. The summed E-state index contributed by atoms with van der Waals surface area (Å²) in [5.41, 5.74) is 4.64. The fraction of sp³-hybridized carbons (Fsp3) is 0.419. The number of methoxy groups -OCH3 is 1. The van der Waals surface area contributed by atoms with E-state index in [1.807, 2.05) is 24.3 Å². The van der Waals surface area contributed by atoms with Gasteiger partial charge in [-0.1, -0.05) is 18.2 Å². The SMILES string of the molecule is COc1cc2c(cc1O)CCN1C2Cc2ccc(O)c(O)c2C1Cc1ccc(OC2OC(CO)C(O)C(O)C2O)cc1. The van der Waals surface area contributed by atoms with E-state index in [-0.39, 0.29) is 29.3 Å². The van der Waals surface area contributed by atoms with Gasteiger partial charge in [-0.05, 0) is 71.8 Å². The van der Waals surface area contributed by atoms with Crippen molar-refractivity contribution in [2.45, 2.75) is 62.1 Å². The molecule has 3 aromatic rings. The third-order valence-electron chi connectivity index (χ3n) is 8.73. The van der Waals surface area contributed by atoms with Gasteiger partial charge in [-0.15, -0.1) is 0 Å². The van der Waals surface area contributed by atoms with Gasteiger partial charge in [0.05, 0.1) is 13.7 Å². The summed E-state index contributed by atoms with van der Waals surface area (Å²) in [6, 6.07) is 13.8. The third-order valence-corrected chi connectivity index (χ3v) is 8.73. The van der Waals surface area contributed by atoms with Crippen LogP contribution < -0.4 is 9.47 Å². The van der Waals surface area contributed by atoms with Gasteiger partial charge >= 0.3 is 0 Å². The van der Waals surface area contributed by atoms with Crippen molar-refractivity contribution in [3.8, 4) is 28.7 Å². The van der Waals surface area contributed by atoms with Gasteiger partial charge in [0.1, 0.15) is 30.2 Å². The van der Waals surface area contributed by atoms with Crippen LogP contribution in [-0.2, 0) is 24.0 Å². The molecule has 0 spiro atoms. The molecular formula is C31H35NO10. The van der Waals surface area contributed by atoms with E-state index in [2.05, 4.69) is 4.90 Å². The van der Waals surface area contributed by atoms with Crippen molar-refractivity contribution < 1.29 is 50.0 Å². The molecule has 0 radical (unpaired) electrons. The molecule has 11 heteroatoms. The van der Waals surface area contributed by atoms with E-state index < -0.39 is 37.3 Å². The molecule has 42 heavy (non-hydrogen) atoms. The summed E-state index contributed by atoms with van der Waals surface area (Å²) in [6.07, 6.45) is -5.08. The molecule has 1 saturated heterocycles. The van der Waals surface area contributed by atoms with Gasteiger partial charge in [-0.2, -0.15) is 0 Å². The second-order valence-corrected chi connectivity index (χ2v) is 11.1. The molecule has 1 fully saturated rings. The highest BCUT2D eigenvalue weighted by molar-refractivity contribution is 5.55. The van der Waals surface area contributed by atoms with Crippen molar-refractivity contribution in [2.24, 2.45) is 0 Å². The Bertz CT molecular complexity index is 1440. The van der Waals surface area contributed by atoms with Crippen molar-refractivity contribution in [1.29, 1.82) is 0 Å². The summed E-state index contributed by atoms with van der Waals surface area (Å²) in [5.74, 6) is 0.550. The number of benzene rings is 3. The van der Waals surface area contributed by atoms with Crippen molar-refractivity contribution >= 4 is 0 Å². The maximum Gasteiger partial charge on any atom is 0.229 e. The second-order valence-electron chi connectivity index (χ2n) is 11.1. The van der Waals surface area contributed by atoms with Crippen LogP contribution in [0.25, 0.3) is 0 Å². The van der Waals surface area contributed by atoms with Crippen LogP contribution >= 0.6 is 0 Å². The van der Waals surface area contributed by atoms with E-state index in [4.69, 9.17) is 14.2 Å². The summed E-state index contributed by atoms with van der Waals surface area (Å²) in [6.45, 7) is 0.131. The lowest BCUT2D eigenvalue weighted by Crippen LogP contribution is -2.60. The van der Waals surface area contributed by atoms with Crippen LogP contribution in [0.1, 0.15) is 39.9 Å². The highest BCUT2D eigenvalue weighted by Crippen LogP contribution is 2.50. The van der Waals surface area contributed by atoms with Crippen molar-refractivity contribution in [3.63, 3.8) is 0 Å². The first-order valence-corrected chi connectivity index (χ1v) is 14.0. The number of aliphatic hydroxyl groups excluding tert-OH is 4. The molecule has 0 amide bonds. The number of phenolic OH excluding ortho intramolecular Hbond substituents is 3. The highest BCUT2D eigenvalue weighted by Gasteiger charge is 2.45. The first kappa shape index (κ1) is 28.5. The fourth-order valence-corrected chi connectivity index (χ4v) is 6.51. The predicted octanol–water partition coefficient (Wildman–Crippen LogP) is 1.43. The Kier molecular flexibility index (Phi) is 7.64. The van der Waals surface area contributed by atoms with E-state index in [1.165, 1.54) is 13.2 Å². The maximum atomic E-state index is 11.0. The van der Waals surface area contributed by atoms with E-state index in [0.29, 0.717) is 42.9 Å². The topological polar surface area (TPSA) is 173 Å². The smallest absolute Gasteiger partial charge is 0.229 e. The third kappa shape index (κ3) is 4.91. The van der Waals surface area contributed by atoms with E-state index >= 15 is 0 Å². The lowest BCUT2D eigenvalue weighted by molar-refractivity contribution is -0.277. The van der Waals surface area contributed by atoms with Crippen molar-refractivity contribution in [3.05, 3.63) is 76.3 Å². The summed E-state index contributed by atoms with van der Waals surface area (Å²) in [4.78, 5) is 2.32. The lowest BCUT2D eigenvalue weighted by Gasteiger charge is -2.47. The minimum absolute atomic E-state index is 0.0292. The molecule has 3 aliphatic heterocycles. The standard InChI is InChI=1S/C31H35NO10/c1-40-24-13-19-16(12-23(24)35)8-9-32-20(19)11-17-4-7-22(34)27(36)26(17)21(32)10-15-2-5-18(6-3-15)41-31-30(39)29(38)28(37)25(14-33)42-31/h2-7,12-13,20-21,25,28-31,33-39H,8-11,14H2,1H3. The van der Waals surface area contributed by atoms with Crippen LogP contribution in [0.15, 0.2) is 48.5 Å². The van der Waals surface area contributed by atoms with Crippen LogP contribution in [0.3, 0.4) is 0 Å². The van der Waals surface area contributed by atoms with E-state index in [0.717, 1.165) is 22.3 Å². The molecule has 0 saturated carbocycles. The Morgan fingerprint density at radius 2 is 1.67 bits per heavy atom. The highest BCUT2D eigenvalue weighted by atomic mass is 16.7. The average molecular weight is 582 g/mol. The number of hydrogen-bond donors (Lipinski definition) is 7. The first-order valence-electron chi connectivity index (χ1n) is 14.0. The molecule has 3 aromatic carbocycles. The van der Waals surface area contributed by atoms with Crippen LogP contribution in [0.4, 0.5) is 0 Å². The Hall–Kier alpha value is -3.58. The van der Waals surface area contributed by atoms with Gasteiger partial charge in [0, 0.05) is 24.2 Å². The molecule has 224 valence electrons. The molecule has 3 heterocycles. The molecule has 0 aliphatic carbocycles. The van der Waals surface area contributed by atoms with Crippen molar-refractivity contribution in [1.82, 2.24) is 4.90 Å². The number of aliphatic hydroxyl groups is 4. The van der Waals surface area contributed by atoms with Gasteiger partial charge < -0.3 is 50.0 Å². The summed E-state index contributed by atoms with van der Waals surface area (Å²) < 4.78 is 16.6. The number of fused-ring (bicyclic) bond motifs is 4. The summed E-state index contributed by atoms with van der Waals surface area (Å²) >= 11 is 0. The fourth-order valence-electron chi connectivity index (χ4n) is 6.51. The maximum absolute atomic E-state index is 11.0. The normalized spacial score (nSPS) is 28.8. The van der Waals surface area contributed by atoms with E-state index in [1.54, 1.807) is 18.2 Å². The zero-order valence-corrected chi connectivity index (χ0v) is 23.0. The molecular weight excluding hydrogens is 546 g/mol. The number of nitrogens with zero attached hydrogens (tertiary/aromatic N) is 1. The lowest BCUT2D eigenvalue weighted by atomic mass is 9.78. The Balaban J connectivity index is 1.28. The first-order chi connectivity index (χ1) is 20.2. The Labute approximate surface area is 242 Å². The zero-order valence-electron chi connectivity index (χ0n) is 23.0. The van der Waals surface area contributed by atoms with Crippen LogP contribution in [-0.4, -0.2) is 91.6 Å². The molecule has 6 rings (SSSR count). The number of ether oxygens (including phenoxy) is 3. The molecule has 0 bridgehead atoms. The predicted molar refractivity (Wildman–Crippen MR) is 149 cm³/mol. The minimum atomic E-state index is -1.54. The molecule has 7 atom stereocenters. The van der Waals surface area contributed by atoms with Gasteiger partial charge in [0.2, 0.25) is 6.29 Å². The van der Waals surface area contributed by atoms with Crippen LogP contribution in [0.2, 0.25) is 0 Å². The molecule has 0 aromatic heterocycles. The molecule has 3 aliphatic rings. The van der Waals surface area contributed by atoms with Gasteiger partial charge in [0.15, 0.2) is 23.0 Å². The quantitative estimate of drug-likeness (QED) is 0.210. The number of phenols is 3. The zero-order chi connectivity index (χ0) is 29.7. The summed E-state index contributed by atoms with van der Waals surface area (Å²) in [7, 11) is 1.52. The van der Waals surface area contributed by atoms with Gasteiger partial charge in [0.25, 0.3) is 0 Å². The minimum Gasteiger partial charge on any atom is -0.504 e. The number of rotatable bonds is 6. The van der Waals surface area contributed by atoms with E-state index in [9.17, 15) is 35.7 Å². The van der Waals surface area contributed by atoms with Crippen LogP contribution in [0, 0.1) is 0 Å². The van der Waals surface area contributed by atoms with Crippen molar-refractivity contribution in [2.75, 3.05) is 20.3 Å². The molecule has 7 N–H and O–H groups in total. The second kappa shape index (κ2) is 11.3.